The Labute approximate surface area is 190 Å². The predicted molar refractivity (Wildman–Crippen MR) is 129 cm³/mol. The summed E-state index contributed by atoms with van der Waals surface area (Å²) in [4.78, 5) is 2.46. The van der Waals surface area contributed by atoms with Crippen LogP contribution in [0.2, 0.25) is 0 Å². The van der Waals surface area contributed by atoms with Crippen molar-refractivity contribution in [2.45, 2.75) is 25.3 Å². The molecule has 32 heavy (non-hydrogen) atoms. The Morgan fingerprint density at radius 2 is 1.66 bits per heavy atom. The van der Waals surface area contributed by atoms with Crippen LogP contribution in [0.4, 0.5) is 11.4 Å². The molecule has 0 radical (unpaired) electrons. The van der Waals surface area contributed by atoms with Gasteiger partial charge in [-0.3, -0.25) is 4.72 Å². The Morgan fingerprint density at radius 3 is 2.22 bits per heavy atom. The van der Waals surface area contributed by atoms with Gasteiger partial charge in [-0.05, 0) is 55.8 Å². The van der Waals surface area contributed by atoms with E-state index in [1.54, 1.807) is 45.2 Å². The van der Waals surface area contributed by atoms with E-state index in [0.717, 1.165) is 37.6 Å². The molecule has 9 heteroatoms. The monoisotopic (exact) mass is 457 g/mol. The number of ether oxygens (including phenoxy) is 1. The second-order valence-electron chi connectivity index (χ2n) is 7.62. The molecule has 1 aliphatic heterocycles. The van der Waals surface area contributed by atoms with E-state index in [1.807, 2.05) is 12.1 Å². The minimum Gasteiger partial charge on any atom is -0.390 e. The minimum atomic E-state index is -3.78. The van der Waals surface area contributed by atoms with E-state index >= 15 is 0 Å². The lowest BCUT2D eigenvalue weighted by atomic mass is 10.2. The molecule has 0 spiro atoms. The zero-order valence-corrected chi connectivity index (χ0v) is 19.6. The average molecular weight is 458 g/mol. The molecule has 1 heterocycles. The summed E-state index contributed by atoms with van der Waals surface area (Å²) in [5.74, 6) is 0. The topological polar surface area (TPSA) is 107 Å². The van der Waals surface area contributed by atoms with Crippen LogP contribution in [0.5, 0.6) is 0 Å². The molecule has 0 aliphatic carbocycles. The van der Waals surface area contributed by atoms with Gasteiger partial charge in [0.05, 0.1) is 29.5 Å². The van der Waals surface area contributed by atoms with Crippen LogP contribution in [0, 0.1) is 5.41 Å². The predicted octanol–water partition coefficient (Wildman–Crippen LogP) is 2.90. The second kappa shape index (κ2) is 10.5. The van der Waals surface area contributed by atoms with Gasteiger partial charge >= 0.3 is 0 Å². The molecule has 0 bridgehead atoms. The highest BCUT2D eigenvalue weighted by molar-refractivity contribution is 7.89. The number of sulfonamides is 1. The Bertz CT molecular complexity index is 1060. The molecular weight excluding hydrogens is 426 g/mol. The zero-order valence-electron chi connectivity index (χ0n) is 18.7. The molecule has 8 nitrogen and oxygen atoms in total. The molecule has 0 unspecified atom stereocenters. The summed E-state index contributed by atoms with van der Waals surface area (Å²) in [7, 11) is -2.10. The molecule has 2 aromatic carbocycles. The number of benzene rings is 2. The summed E-state index contributed by atoms with van der Waals surface area (Å²) in [5.41, 5.74) is 4.12. The fourth-order valence-corrected chi connectivity index (χ4v) is 4.54. The smallest absolute Gasteiger partial charge is 0.262 e. The van der Waals surface area contributed by atoms with Crippen LogP contribution in [-0.2, 0) is 21.3 Å². The molecule has 1 saturated heterocycles. The van der Waals surface area contributed by atoms with E-state index < -0.39 is 10.0 Å². The minimum absolute atomic E-state index is 0.140. The lowest BCUT2D eigenvalue weighted by molar-refractivity contribution is 0.122. The van der Waals surface area contributed by atoms with Gasteiger partial charge in [-0.1, -0.05) is 12.1 Å². The summed E-state index contributed by atoms with van der Waals surface area (Å²) in [6, 6.07) is 15.0. The van der Waals surface area contributed by atoms with Crippen LogP contribution in [-0.4, -0.2) is 47.5 Å². The van der Waals surface area contributed by atoms with Gasteiger partial charge in [-0.2, -0.15) is 0 Å². The highest BCUT2D eigenvalue weighted by Crippen LogP contribution is 2.20. The summed E-state index contributed by atoms with van der Waals surface area (Å²) >= 11 is 0. The lowest BCUT2D eigenvalue weighted by Gasteiger charge is -2.28. The quantitative estimate of drug-likeness (QED) is 0.432. The first-order valence-electron chi connectivity index (χ1n) is 10.5. The van der Waals surface area contributed by atoms with Crippen molar-refractivity contribution < 1.29 is 13.2 Å². The lowest BCUT2D eigenvalue weighted by Crippen LogP contribution is -2.36. The SMILES string of the molecule is CN/C(C)=C(/NS(=O)(=O)c1ccc(CNc2ccc(N3CCOCC3)cc2)cc1)C(C)=N. The maximum atomic E-state index is 12.7. The number of morpholine rings is 1. The summed E-state index contributed by atoms with van der Waals surface area (Å²) < 4.78 is 33.3. The van der Waals surface area contributed by atoms with Gasteiger partial charge in [-0.15, -0.1) is 0 Å². The van der Waals surface area contributed by atoms with E-state index in [2.05, 4.69) is 32.4 Å². The first-order valence-corrected chi connectivity index (χ1v) is 12.0. The molecule has 172 valence electrons. The molecular formula is C23H31N5O3S. The van der Waals surface area contributed by atoms with Crippen molar-refractivity contribution in [1.82, 2.24) is 10.0 Å². The fourth-order valence-electron chi connectivity index (χ4n) is 3.35. The van der Waals surface area contributed by atoms with E-state index in [9.17, 15) is 8.42 Å². The van der Waals surface area contributed by atoms with E-state index in [0.29, 0.717) is 12.2 Å². The third-order valence-corrected chi connectivity index (χ3v) is 6.70. The molecule has 1 fully saturated rings. The second-order valence-corrected chi connectivity index (χ2v) is 9.31. The van der Waals surface area contributed by atoms with Crippen molar-refractivity contribution in [3.8, 4) is 0 Å². The Kier molecular flexibility index (Phi) is 7.76. The van der Waals surface area contributed by atoms with Gasteiger partial charge in [0.15, 0.2) is 0 Å². The Hall–Kier alpha value is -3.04. The van der Waals surface area contributed by atoms with Crippen molar-refractivity contribution in [2.24, 2.45) is 0 Å². The Balaban J connectivity index is 1.61. The number of anilines is 2. The van der Waals surface area contributed by atoms with E-state index in [-0.39, 0.29) is 16.3 Å². The molecule has 0 amide bonds. The first kappa shape index (κ1) is 23.6. The van der Waals surface area contributed by atoms with Crippen LogP contribution >= 0.6 is 0 Å². The van der Waals surface area contributed by atoms with Gasteiger partial charge in [0, 0.05) is 43.8 Å². The van der Waals surface area contributed by atoms with Crippen LogP contribution in [0.15, 0.2) is 64.8 Å². The van der Waals surface area contributed by atoms with Gasteiger partial charge in [0.25, 0.3) is 10.0 Å². The van der Waals surface area contributed by atoms with Gasteiger partial charge in [0.2, 0.25) is 0 Å². The van der Waals surface area contributed by atoms with Gasteiger partial charge in [0.1, 0.15) is 0 Å². The highest BCUT2D eigenvalue weighted by Gasteiger charge is 2.18. The molecule has 2 aromatic rings. The van der Waals surface area contributed by atoms with Crippen LogP contribution in [0.25, 0.3) is 0 Å². The summed E-state index contributed by atoms with van der Waals surface area (Å²) in [5, 5.41) is 14.1. The van der Waals surface area contributed by atoms with Crippen molar-refractivity contribution in [2.75, 3.05) is 43.6 Å². The number of allylic oxidation sites excluding steroid dienone is 2. The third kappa shape index (κ3) is 6.02. The number of nitrogens with one attached hydrogen (secondary N) is 4. The molecule has 0 atom stereocenters. The molecule has 3 rings (SSSR count). The van der Waals surface area contributed by atoms with Gasteiger partial charge < -0.3 is 25.7 Å². The van der Waals surface area contributed by atoms with Gasteiger partial charge in [-0.25, -0.2) is 8.42 Å². The fraction of sp³-hybridized carbons (Fsp3) is 0.348. The molecule has 0 aromatic heterocycles. The summed E-state index contributed by atoms with van der Waals surface area (Å²) in [6.45, 7) is 7.17. The average Bonchev–Trinajstić information content (AvgIpc) is 2.82. The zero-order chi connectivity index (χ0) is 23.1. The Morgan fingerprint density at radius 1 is 1.03 bits per heavy atom. The van der Waals surface area contributed by atoms with E-state index in [1.165, 1.54) is 5.69 Å². The van der Waals surface area contributed by atoms with Crippen LogP contribution in [0.1, 0.15) is 19.4 Å². The number of hydrogen-bond donors (Lipinski definition) is 4. The van der Waals surface area contributed by atoms with E-state index in [4.69, 9.17) is 10.1 Å². The standard InChI is InChI=1S/C23H31N5O3S/c1-17(24)23(18(2)25-3)27-32(29,30)22-10-4-19(5-11-22)16-26-20-6-8-21(9-7-20)28-12-14-31-15-13-28/h4-11,24-27H,12-16H2,1-3H3/b23-18+,24-17?. The maximum Gasteiger partial charge on any atom is 0.262 e. The molecule has 4 N–H and O–H groups in total. The number of rotatable bonds is 9. The van der Waals surface area contributed by atoms with Crippen molar-refractivity contribution in [3.05, 3.63) is 65.5 Å². The van der Waals surface area contributed by atoms with Crippen molar-refractivity contribution in [3.63, 3.8) is 0 Å². The number of hydrogen-bond acceptors (Lipinski definition) is 7. The largest absolute Gasteiger partial charge is 0.390 e. The van der Waals surface area contributed by atoms with Crippen molar-refractivity contribution >= 4 is 27.1 Å². The van der Waals surface area contributed by atoms with Crippen molar-refractivity contribution in [1.29, 1.82) is 5.41 Å². The first-order chi connectivity index (χ1) is 15.3. The molecule has 1 aliphatic rings. The third-order valence-electron chi connectivity index (χ3n) is 5.34. The number of nitrogens with zero attached hydrogens (tertiary/aromatic N) is 1. The van der Waals surface area contributed by atoms with Crippen LogP contribution < -0.4 is 20.3 Å². The molecule has 0 saturated carbocycles. The summed E-state index contributed by atoms with van der Waals surface area (Å²) in [6.07, 6.45) is 0. The highest BCUT2D eigenvalue weighted by atomic mass is 32.2. The normalized spacial score (nSPS) is 15.0. The van der Waals surface area contributed by atoms with Crippen LogP contribution in [0.3, 0.4) is 0 Å². The maximum absolute atomic E-state index is 12.7.